The molecular weight excluding hydrogens is 378 g/mol. The van der Waals surface area contributed by atoms with Gasteiger partial charge in [0.25, 0.3) is 5.91 Å². The van der Waals surface area contributed by atoms with Crippen LogP contribution < -0.4 is 9.47 Å². The molecule has 8 nitrogen and oxygen atoms in total. The maximum atomic E-state index is 13.2. The molecule has 1 aromatic carbocycles. The number of nitrogens with zero attached hydrogens (tertiary/aromatic N) is 1. The highest BCUT2D eigenvalue weighted by atomic mass is 16.6. The molecule has 8 heteroatoms. The highest BCUT2D eigenvalue weighted by molar-refractivity contribution is 5.89. The van der Waals surface area contributed by atoms with Crippen LogP contribution in [0, 0.1) is 0 Å². The van der Waals surface area contributed by atoms with Crippen LogP contribution in [-0.4, -0.2) is 55.7 Å². The molecule has 1 aromatic rings. The summed E-state index contributed by atoms with van der Waals surface area (Å²) < 4.78 is 21.8. The molecule has 3 atom stereocenters. The Morgan fingerprint density at radius 1 is 1.17 bits per heavy atom. The largest absolute Gasteiger partial charge is 0.493 e. The Labute approximate surface area is 169 Å². The summed E-state index contributed by atoms with van der Waals surface area (Å²) in [4.78, 5) is 38.4. The monoisotopic (exact) mass is 403 g/mol. The van der Waals surface area contributed by atoms with Crippen LogP contribution in [0.5, 0.6) is 11.5 Å². The molecule has 1 amide bonds. The molecule has 29 heavy (non-hydrogen) atoms. The molecule has 0 saturated carbocycles. The SMILES string of the molecule is C=CCC12c3cc(OC)c(OC)cc3CCN1C(=O)[C@H](OC(C)=O)[C@H]2OC(C)=O. The van der Waals surface area contributed by atoms with E-state index in [0.29, 0.717) is 30.9 Å². The summed E-state index contributed by atoms with van der Waals surface area (Å²) in [6.07, 6.45) is 0.289. The van der Waals surface area contributed by atoms with Gasteiger partial charge in [-0.15, -0.1) is 6.58 Å². The molecule has 0 spiro atoms. The van der Waals surface area contributed by atoms with Gasteiger partial charge in [0, 0.05) is 20.4 Å². The highest BCUT2D eigenvalue weighted by Gasteiger charge is 2.64. The first-order valence-corrected chi connectivity index (χ1v) is 9.32. The van der Waals surface area contributed by atoms with E-state index in [9.17, 15) is 14.4 Å². The molecule has 156 valence electrons. The van der Waals surface area contributed by atoms with Gasteiger partial charge in [-0.05, 0) is 36.1 Å². The number of esters is 2. The smallest absolute Gasteiger partial charge is 0.303 e. The topological polar surface area (TPSA) is 91.4 Å². The van der Waals surface area contributed by atoms with E-state index in [1.807, 2.05) is 6.07 Å². The molecule has 3 rings (SSSR count). The van der Waals surface area contributed by atoms with E-state index in [2.05, 4.69) is 6.58 Å². The van der Waals surface area contributed by atoms with Crippen LogP contribution in [-0.2, 0) is 35.8 Å². The minimum atomic E-state index is -1.23. The summed E-state index contributed by atoms with van der Waals surface area (Å²) in [5, 5.41) is 0. The van der Waals surface area contributed by atoms with Gasteiger partial charge in [0.1, 0.15) is 5.54 Å². The predicted octanol–water partition coefficient (Wildman–Crippen LogP) is 1.74. The Kier molecular flexibility index (Phi) is 5.55. The van der Waals surface area contributed by atoms with E-state index >= 15 is 0 Å². The van der Waals surface area contributed by atoms with Gasteiger partial charge >= 0.3 is 11.9 Å². The lowest BCUT2D eigenvalue weighted by Crippen LogP contribution is -2.53. The summed E-state index contributed by atoms with van der Waals surface area (Å²) in [6.45, 7) is 6.70. The standard InChI is InChI=1S/C21H25NO7/c1-6-8-21-15-11-17(27-5)16(26-4)10-14(15)7-9-22(21)20(25)18(28-12(2)23)19(21)29-13(3)24/h6,10-11,18-19H,1,7-9H2,2-5H3/t18-,19-,21?/m1/s1. The zero-order chi connectivity index (χ0) is 21.3. The van der Waals surface area contributed by atoms with Crippen molar-refractivity contribution in [2.45, 2.75) is 44.4 Å². The van der Waals surface area contributed by atoms with Crippen LogP contribution in [0.3, 0.4) is 0 Å². The molecule has 1 saturated heterocycles. The maximum Gasteiger partial charge on any atom is 0.303 e. The first kappa shape index (κ1) is 20.7. The number of ether oxygens (including phenoxy) is 4. The molecule has 1 unspecified atom stereocenters. The number of hydrogen-bond acceptors (Lipinski definition) is 7. The molecule has 0 aliphatic carbocycles. The van der Waals surface area contributed by atoms with Crippen molar-refractivity contribution in [2.24, 2.45) is 0 Å². The third kappa shape index (κ3) is 3.22. The fraction of sp³-hybridized carbons (Fsp3) is 0.476. The minimum Gasteiger partial charge on any atom is -0.493 e. The van der Waals surface area contributed by atoms with Crippen molar-refractivity contribution in [2.75, 3.05) is 20.8 Å². The fourth-order valence-corrected chi connectivity index (χ4v) is 4.44. The van der Waals surface area contributed by atoms with Crippen molar-refractivity contribution in [1.29, 1.82) is 0 Å². The summed E-state index contributed by atoms with van der Waals surface area (Å²) in [6, 6.07) is 3.66. The Hall–Kier alpha value is -3.03. The normalized spacial score (nSPS) is 25.0. The van der Waals surface area contributed by atoms with Crippen molar-refractivity contribution in [3.8, 4) is 11.5 Å². The number of carbonyl (C=O) groups excluding carboxylic acids is 3. The summed E-state index contributed by atoms with van der Waals surface area (Å²) in [5.74, 6) is -0.534. The van der Waals surface area contributed by atoms with Crippen LogP contribution in [0.15, 0.2) is 24.8 Å². The average Bonchev–Trinajstić information content (AvgIpc) is 2.89. The van der Waals surface area contributed by atoms with Crippen LogP contribution in [0.4, 0.5) is 0 Å². The van der Waals surface area contributed by atoms with Crippen molar-refractivity contribution >= 4 is 17.8 Å². The first-order valence-electron chi connectivity index (χ1n) is 9.32. The molecule has 2 aliphatic heterocycles. The lowest BCUT2D eigenvalue weighted by Gasteiger charge is -2.45. The molecular formula is C21H25NO7. The van der Waals surface area contributed by atoms with Gasteiger partial charge < -0.3 is 23.8 Å². The Morgan fingerprint density at radius 3 is 2.34 bits per heavy atom. The second kappa shape index (κ2) is 7.77. The van der Waals surface area contributed by atoms with Gasteiger partial charge in [-0.3, -0.25) is 14.4 Å². The third-order valence-electron chi connectivity index (χ3n) is 5.46. The zero-order valence-corrected chi connectivity index (χ0v) is 17.0. The molecule has 0 radical (unpaired) electrons. The van der Waals surface area contributed by atoms with Crippen LogP contribution >= 0.6 is 0 Å². The number of hydrogen-bond donors (Lipinski definition) is 0. The van der Waals surface area contributed by atoms with Crippen LogP contribution in [0.2, 0.25) is 0 Å². The van der Waals surface area contributed by atoms with E-state index in [1.54, 1.807) is 24.2 Å². The molecule has 2 aliphatic rings. The van der Waals surface area contributed by atoms with E-state index in [0.717, 1.165) is 11.1 Å². The Balaban J connectivity index is 2.27. The van der Waals surface area contributed by atoms with E-state index < -0.39 is 35.6 Å². The number of amides is 1. The predicted molar refractivity (Wildman–Crippen MR) is 103 cm³/mol. The zero-order valence-electron chi connectivity index (χ0n) is 17.0. The Morgan fingerprint density at radius 2 is 1.79 bits per heavy atom. The average molecular weight is 403 g/mol. The van der Waals surface area contributed by atoms with E-state index in [-0.39, 0.29) is 0 Å². The summed E-state index contributed by atoms with van der Waals surface area (Å²) >= 11 is 0. The molecule has 0 aromatic heterocycles. The van der Waals surface area contributed by atoms with Gasteiger partial charge in [0.05, 0.1) is 14.2 Å². The highest BCUT2D eigenvalue weighted by Crippen LogP contribution is 2.51. The number of carbonyl (C=O) groups is 3. The molecule has 0 N–H and O–H groups in total. The van der Waals surface area contributed by atoms with Gasteiger partial charge in [-0.25, -0.2) is 0 Å². The van der Waals surface area contributed by atoms with Gasteiger partial charge in [0.15, 0.2) is 17.6 Å². The van der Waals surface area contributed by atoms with E-state index in [4.69, 9.17) is 18.9 Å². The number of benzene rings is 1. The second-order valence-corrected chi connectivity index (χ2v) is 7.08. The third-order valence-corrected chi connectivity index (χ3v) is 5.46. The lowest BCUT2D eigenvalue weighted by atomic mass is 9.75. The van der Waals surface area contributed by atoms with Crippen LogP contribution in [0.1, 0.15) is 31.4 Å². The lowest BCUT2D eigenvalue weighted by molar-refractivity contribution is -0.168. The minimum absolute atomic E-state index is 0.303. The van der Waals surface area contributed by atoms with Crippen LogP contribution in [0.25, 0.3) is 0 Å². The molecule has 0 bridgehead atoms. The first-order chi connectivity index (χ1) is 13.8. The Bertz CT molecular complexity index is 865. The maximum absolute atomic E-state index is 13.2. The van der Waals surface area contributed by atoms with Crippen molar-refractivity contribution in [3.63, 3.8) is 0 Å². The number of rotatable bonds is 6. The van der Waals surface area contributed by atoms with Crippen molar-refractivity contribution < 1.29 is 33.3 Å². The quantitative estimate of drug-likeness (QED) is 0.528. The van der Waals surface area contributed by atoms with Gasteiger partial charge in [0.2, 0.25) is 6.10 Å². The van der Waals surface area contributed by atoms with Gasteiger partial charge in [-0.1, -0.05) is 6.08 Å². The summed E-state index contributed by atoms with van der Waals surface area (Å²) in [7, 11) is 3.08. The second-order valence-electron chi connectivity index (χ2n) is 7.08. The number of fused-ring (bicyclic) bond motifs is 3. The van der Waals surface area contributed by atoms with Crippen molar-refractivity contribution in [3.05, 3.63) is 35.9 Å². The fourth-order valence-electron chi connectivity index (χ4n) is 4.44. The molecule has 2 heterocycles. The number of methoxy groups -OCH3 is 2. The van der Waals surface area contributed by atoms with Crippen molar-refractivity contribution in [1.82, 2.24) is 4.90 Å². The molecule has 1 fully saturated rings. The van der Waals surface area contributed by atoms with Gasteiger partial charge in [-0.2, -0.15) is 0 Å². The summed E-state index contributed by atoms with van der Waals surface area (Å²) in [5.41, 5.74) is 0.641. The van der Waals surface area contributed by atoms with E-state index in [1.165, 1.54) is 21.0 Å².